The van der Waals surface area contributed by atoms with Gasteiger partial charge in [-0.3, -0.25) is 9.78 Å². The second kappa shape index (κ2) is 6.00. The van der Waals surface area contributed by atoms with Crippen LogP contribution in [0.25, 0.3) is 0 Å². The van der Waals surface area contributed by atoms with Gasteiger partial charge in [-0.25, -0.2) is 0 Å². The van der Waals surface area contributed by atoms with Crippen molar-refractivity contribution in [3.05, 3.63) is 65.5 Å². The van der Waals surface area contributed by atoms with Gasteiger partial charge >= 0.3 is 0 Å². The Bertz CT molecular complexity index is 585. The molecule has 0 radical (unpaired) electrons. The van der Waals surface area contributed by atoms with Crippen molar-refractivity contribution in [2.75, 3.05) is 0 Å². The third-order valence-corrected chi connectivity index (χ3v) is 4.18. The SMILES string of the molecule is O=C(c1ccccc1)c1cnccc1C1CCCCC1. The molecule has 102 valence electrons. The lowest BCUT2D eigenvalue weighted by Gasteiger charge is -2.23. The number of pyridine rings is 1. The molecule has 1 fully saturated rings. The zero-order valence-corrected chi connectivity index (χ0v) is 11.6. The van der Waals surface area contributed by atoms with Gasteiger partial charge in [-0.2, -0.15) is 0 Å². The molecule has 20 heavy (non-hydrogen) atoms. The van der Waals surface area contributed by atoms with Crippen LogP contribution >= 0.6 is 0 Å². The van der Waals surface area contributed by atoms with Crippen molar-refractivity contribution in [3.8, 4) is 0 Å². The van der Waals surface area contributed by atoms with E-state index in [0.717, 1.165) is 11.1 Å². The summed E-state index contributed by atoms with van der Waals surface area (Å²) < 4.78 is 0. The molecule has 0 atom stereocenters. The van der Waals surface area contributed by atoms with Gasteiger partial charge in [0, 0.05) is 23.5 Å². The van der Waals surface area contributed by atoms with E-state index in [1.807, 2.05) is 42.6 Å². The normalized spacial score (nSPS) is 16.0. The molecule has 2 heteroatoms. The molecule has 3 rings (SSSR count). The summed E-state index contributed by atoms with van der Waals surface area (Å²) in [5.74, 6) is 0.619. The highest BCUT2D eigenvalue weighted by molar-refractivity contribution is 6.09. The molecule has 0 aliphatic heterocycles. The van der Waals surface area contributed by atoms with Gasteiger partial charge in [0.05, 0.1) is 0 Å². The maximum atomic E-state index is 12.7. The highest BCUT2D eigenvalue weighted by Crippen LogP contribution is 2.34. The average molecular weight is 265 g/mol. The Kier molecular flexibility index (Phi) is 3.91. The minimum atomic E-state index is 0.0965. The standard InChI is InChI=1S/C18H19NO/c20-18(15-9-5-2-6-10-15)17-13-19-12-11-16(17)14-7-3-1-4-8-14/h2,5-6,9-14H,1,3-4,7-8H2. The summed E-state index contributed by atoms with van der Waals surface area (Å²) in [5, 5.41) is 0. The van der Waals surface area contributed by atoms with E-state index in [-0.39, 0.29) is 5.78 Å². The first-order valence-corrected chi connectivity index (χ1v) is 7.40. The summed E-state index contributed by atoms with van der Waals surface area (Å²) in [4.78, 5) is 16.8. The molecule has 0 unspecified atom stereocenters. The molecule has 1 aromatic carbocycles. The van der Waals surface area contributed by atoms with E-state index in [4.69, 9.17) is 0 Å². The zero-order chi connectivity index (χ0) is 13.8. The number of carbonyl (C=O) groups is 1. The third kappa shape index (κ3) is 2.64. The van der Waals surface area contributed by atoms with Crippen LogP contribution in [-0.4, -0.2) is 10.8 Å². The van der Waals surface area contributed by atoms with Crippen LogP contribution in [0.3, 0.4) is 0 Å². The van der Waals surface area contributed by atoms with Gasteiger partial charge in [-0.15, -0.1) is 0 Å². The number of carbonyl (C=O) groups excluding carboxylic acids is 1. The smallest absolute Gasteiger partial charge is 0.194 e. The van der Waals surface area contributed by atoms with Crippen LogP contribution in [0.15, 0.2) is 48.8 Å². The van der Waals surface area contributed by atoms with Crippen molar-refractivity contribution in [2.24, 2.45) is 0 Å². The minimum Gasteiger partial charge on any atom is -0.289 e. The lowest BCUT2D eigenvalue weighted by molar-refractivity contribution is 0.103. The summed E-state index contributed by atoms with van der Waals surface area (Å²) >= 11 is 0. The van der Waals surface area contributed by atoms with Crippen molar-refractivity contribution in [1.29, 1.82) is 0 Å². The number of ketones is 1. The molecule has 2 aromatic rings. The van der Waals surface area contributed by atoms with Gasteiger partial charge in [0.1, 0.15) is 0 Å². The van der Waals surface area contributed by atoms with Crippen LogP contribution in [0, 0.1) is 0 Å². The minimum absolute atomic E-state index is 0.0965. The first-order chi connectivity index (χ1) is 9.86. The van der Waals surface area contributed by atoms with E-state index in [0.29, 0.717) is 5.92 Å². The topological polar surface area (TPSA) is 30.0 Å². The molecule has 0 bridgehead atoms. The number of rotatable bonds is 3. The molecule has 2 nitrogen and oxygen atoms in total. The molecule has 1 aliphatic rings. The van der Waals surface area contributed by atoms with E-state index in [1.54, 1.807) is 6.20 Å². The quantitative estimate of drug-likeness (QED) is 0.772. The largest absolute Gasteiger partial charge is 0.289 e. The Hall–Kier alpha value is -1.96. The van der Waals surface area contributed by atoms with Crippen molar-refractivity contribution in [1.82, 2.24) is 4.98 Å². The molecule has 1 heterocycles. The van der Waals surface area contributed by atoms with Gasteiger partial charge in [0.25, 0.3) is 0 Å². The molecule has 0 N–H and O–H groups in total. The van der Waals surface area contributed by atoms with Crippen LogP contribution in [0.1, 0.15) is 59.5 Å². The average Bonchev–Trinajstić information content (AvgIpc) is 2.56. The Morgan fingerprint density at radius 1 is 1.00 bits per heavy atom. The van der Waals surface area contributed by atoms with E-state index in [2.05, 4.69) is 4.98 Å². The van der Waals surface area contributed by atoms with Gasteiger partial charge in [0.15, 0.2) is 5.78 Å². The fraction of sp³-hybridized carbons (Fsp3) is 0.333. The summed E-state index contributed by atoms with van der Waals surface area (Å²) in [7, 11) is 0. The van der Waals surface area contributed by atoms with Crippen LogP contribution < -0.4 is 0 Å². The number of hydrogen-bond acceptors (Lipinski definition) is 2. The number of aromatic nitrogens is 1. The Labute approximate surface area is 119 Å². The summed E-state index contributed by atoms with van der Waals surface area (Å²) in [6.45, 7) is 0. The van der Waals surface area contributed by atoms with Gasteiger partial charge < -0.3 is 0 Å². The number of nitrogens with zero attached hydrogens (tertiary/aromatic N) is 1. The molecular weight excluding hydrogens is 246 g/mol. The molecule has 0 spiro atoms. The second-order valence-electron chi connectivity index (χ2n) is 5.49. The molecule has 1 aliphatic carbocycles. The van der Waals surface area contributed by atoms with Crippen LogP contribution in [0.4, 0.5) is 0 Å². The molecular formula is C18H19NO. The lowest BCUT2D eigenvalue weighted by Crippen LogP contribution is -2.12. The Balaban J connectivity index is 1.95. The number of benzene rings is 1. The molecule has 0 saturated heterocycles. The van der Waals surface area contributed by atoms with Crippen LogP contribution in [0.5, 0.6) is 0 Å². The first kappa shape index (κ1) is 13.0. The predicted octanol–water partition coefficient (Wildman–Crippen LogP) is 4.36. The van der Waals surface area contributed by atoms with E-state index in [1.165, 1.54) is 37.7 Å². The fourth-order valence-electron chi connectivity index (χ4n) is 3.11. The van der Waals surface area contributed by atoms with Crippen molar-refractivity contribution >= 4 is 5.78 Å². The van der Waals surface area contributed by atoms with Crippen molar-refractivity contribution in [3.63, 3.8) is 0 Å². The van der Waals surface area contributed by atoms with Crippen LogP contribution in [-0.2, 0) is 0 Å². The highest BCUT2D eigenvalue weighted by atomic mass is 16.1. The summed E-state index contributed by atoms with van der Waals surface area (Å²) in [6, 6.07) is 11.5. The second-order valence-corrected chi connectivity index (χ2v) is 5.49. The summed E-state index contributed by atoms with van der Waals surface area (Å²) in [6.07, 6.45) is 9.80. The molecule has 1 saturated carbocycles. The number of hydrogen-bond donors (Lipinski definition) is 0. The Morgan fingerprint density at radius 2 is 1.75 bits per heavy atom. The maximum absolute atomic E-state index is 12.7. The lowest BCUT2D eigenvalue weighted by atomic mass is 9.81. The van der Waals surface area contributed by atoms with E-state index < -0.39 is 0 Å². The Morgan fingerprint density at radius 3 is 2.50 bits per heavy atom. The van der Waals surface area contributed by atoms with Gasteiger partial charge in [-0.05, 0) is 30.4 Å². The van der Waals surface area contributed by atoms with Crippen molar-refractivity contribution in [2.45, 2.75) is 38.0 Å². The summed E-state index contributed by atoms with van der Waals surface area (Å²) in [5.41, 5.74) is 2.72. The first-order valence-electron chi connectivity index (χ1n) is 7.40. The van der Waals surface area contributed by atoms with E-state index >= 15 is 0 Å². The van der Waals surface area contributed by atoms with Crippen LogP contribution in [0.2, 0.25) is 0 Å². The van der Waals surface area contributed by atoms with Gasteiger partial charge in [0.2, 0.25) is 0 Å². The zero-order valence-electron chi connectivity index (χ0n) is 11.6. The van der Waals surface area contributed by atoms with Crippen molar-refractivity contribution < 1.29 is 4.79 Å². The fourth-order valence-corrected chi connectivity index (χ4v) is 3.11. The highest BCUT2D eigenvalue weighted by Gasteiger charge is 2.21. The predicted molar refractivity (Wildman–Crippen MR) is 79.9 cm³/mol. The maximum Gasteiger partial charge on any atom is 0.194 e. The molecule has 0 amide bonds. The van der Waals surface area contributed by atoms with E-state index in [9.17, 15) is 4.79 Å². The molecule has 1 aromatic heterocycles. The monoisotopic (exact) mass is 265 g/mol. The van der Waals surface area contributed by atoms with Gasteiger partial charge in [-0.1, -0.05) is 49.6 Å². The third-order valence-electron chi connectivity index (χ3n) is 4.18.